The molecule has 1 aromatic heterocycles. The molecule has 0 saturated heterocycles. The van der Waals surface area contributed by atoms with Gasteiger partial charge < -0.3 is 15.2 Å². The number of aliphatic hydroxyl groups is 1. The van der Waals surface area contributed by atoms with Crippen LogP contribution in [-0.2, 0) is 6.42 Å². The second-order valence-electron chi connectivity index (χ2n) is 6.99. The molecule has 5 nitrogen and oxygen atoms in total. The molecule has 0 bridgehead atoms. The van der Waals surface area contributed by atoms with Crippen molar-refractivity contribution in [2.75, 3.05) is 6.61 Å². The van der Waals surface area contributed by atoms with E-state index in [0.29, 0.717) is 25.0 Å². The van der Waals surface area contributed by atoms with E-state index in [-0.39, 0.29) is 24.0 Å². The number of aryl methyl sites for hydroxylation is 1. The van der Waals surface area contributed by atoms with Gasteiger partial charge >= 0.3 is 0 Å². The highest BCUT2D eigenvalue weighted by atomic mass is 16.5. The minimum Gasteiger partial charge on any atom is -0.493 e. The number of ether oxygens (including phenoxy) is 1. The highest BCUT2D eigenvalue weighted by Gasteiger charge is 2.36. The largest absolute Gasteiger partial charge is 0.493 e. The maximum Gasteiger partial charge on any atom is 0.253 e. The van der Waals surface area contributed by atoms with Crippen LogP contribution in [0.1, 0.15) is 46.1 Å². The van der Waals surface area contributed by atoms with Crippen LogP contribution < -0.4 is 10.1 Å². The Morgan fingerprint density at radius 2 is 2.16 bits per heavy atom. The molecule has 0 unspecified atom stereocenters. The second-order valence-corrected chi connectivity index (χ2v) is 6.99. The average Bonchev–Trinajstić information content (AvgIpc) is 3.05. The number of rotatable bonds is 4. The van der Waals surface area contributed by atoms with Gasteiger partial charge in [0.25, 0.3) is 5.91 Å². The summed E-state index contributed by atoms with van der Waals surface area (Å²) in [5, 5.41) is 12.9. The van der Waals surface area contributed by atoms with E-state index >= 15 is 0 Å². The highest BCUT2D eigenvalue weighted by Crippen LogP contribution is 2.39. The molecular formula is C20H22N2O3. The summed E-state index contributed by atoms with van der Waals surface area (Å²) in [4.78, 5) is 16.9. The summed E-state index contributed by atoms with van der Waals surface area (Å²) in [7, 11) is 0. The van der Waals surface area contributed by atoms with Crippen molar-refractivity contribution in [1.82, 2.24) is 10.3 Å². The zero-order valence-electron chi connectivity index (χ0n) is 14.2. The Morgan fingerprint density at radius 3 is 2.88 bits per heavy atom. The van der Waals surface area contributed by atoms with Crippen LogP contribution in [0.15, 0.2) is 36.5 Å². The Kier molecular flexibility index (Phi) is 4.17. The molecule has 0 radical (unpaired) electrons. The molecule has 1 atom stereocenters. The molecule has 130 valence electrons. The van der Waals surface area contributed by atoms with Crippen LogP contribution in [0.2, 0.25) is 0 Å². The molecule has 1 fully saturated rings. The zero-order chi connectivity index (χ0) is 17.4. The van der Waals surface area contributed by atoms with E-state index in [1.807, 2.05) is 25.1 Å². The zero-order valence-corrected chi connectivity index (χ0v) is 14.2. The van der Waals surface area contributed by atoms with Crippen LogP contribution in [0.25, 0.3) is 0 Å². The monoisotopic (exact) mass is 338 g/mol. The number of fused-ring (bicyclic) bond motifs is 1. The molecule has 1 aliphatic heterocycles. The lowest BCUT2D eigenvalue weighted by molar-refractivity contribution is 0.0235. The van der Waals surface area contributed by atoms with Gasteiger partial charge in [0.1, 0.15) is 5.75 Å². The van der Waals surface area contributed by atoms with Crippen LogP contribution in [-0.4, -0.2) is 28.7 Å². The van der Waals surface area contributed by atoms with Crippen LogP contribution >= 0.6 is 0 Å². The molecule has 4 rings (SSSR count). The third-order valence-corrected chi connectivity index (χ3v) is 5.15. The summed E-state index contributed by atoms with van der Waals surface area (Å²) >= 11 is 0. The van der Waals surface area contributed by atoms with Gasteiger partial charge in [0, 0.05) is 18.3 Å². The lowest BCUT2D eigenvalue weighted by atomic mass is 9.74. The van der Waals surface area contributed by atoms with Crippen molar-refractivity contribution in [2.45, 2.75) is 38.3 Å². The third kappa shape index (κ3) is 3.24. The number of pyridine rings is 1. The molecule has 2 aromatic rings. The van der Waals surface area contributed by atoms with Crippen molar-refractivity contribution in [2.24, 2.45) is 5.92 Å². The number of aromatic nitrogens is 1. The Morgan fingerprint density at radius 1 is 1.32 bits per heavy atom. The summed E-state index contributed by atoms with van der Waals surface area (Å²) in [5.41, 5.74) is 3.71. The van der Waals surface area contributed by atoms with Gasteiger partial charge in [0.2, 0.25) is 0 Å². The SMILES string of the molecule is Cc1ccc(C(=O)N[C@@H](c2ccc3c(c2)CCO3)C2CC(O)C2)cn1. The second kappa shape index (κ2) is 6.48. The summed E-state index contributed by atoms with van der Waals surface area (Å²) in [6, 6.07) is 9.66. The fourth-order valence-electron chi connectivity index (χ4n) is 3.60. The van der Waals surface area contributed by atoms with E-state index in [4.69, 9.17) is 4.74 Å². The normalized spacial score (nSPS) is 22.5. The molecule has 0 spiro atoms. The van der Waals surface area contributed by atoms with Gasteiger partial charge in [-0.2, -0.15) is 0 Å². The number of nitrogens with zero attached hydrogens (tertiary/aromatic N) is 1. The molecule has 5 heteroatoms. The molecule has 1 amide bonds. The van der Waals surface area contributed by atoms with E-state index < -0.39 is 0 Å². The van der Waals surface area contributed by atoms with Gasteiger partial charge in [-0.1, -0.05) is 6.07 Å². The van der Waals surface area contributed by atoms with E-state index in [9.17, 15) is 9.90 Å². The molecule has 1 saturated carbocycles. The van der Waals surface area contributed by atoms with Crippen molar-refractivity contribution < 1.29 is 14.6 Å². The van der Waals surface area contributed by atoms with E-state index in [1.54, 1.807) is 12.3 Å². The van der Waals surface area contributed by atoms with Crippen molar-refractivity contribution in [3.8, 4) is 5.75 Å². The Balaban J connectivity index is 1.58. The highest BCUT2D eigenvalue weighted by molar-refractivity contribution is 5.94. The number of carbonyl (C=O) groups excluding carboxylic acids is 1. The topological polar surface area (TPSA) is 71.5 Å². The first kappa shape index (κ1) is 16.1. The van der Waals surface area contributed by atoms with Gasteiger partial charge in [-0.25, -0.2) is 0 Å². The van der Waals surface area contributed by atoms with Crippen molar-refractivity contribution in [1.29, 1.82) is 0 Å². The minimum absolute atomic E-state index is 0.108. The number of nitrogens with one attached hydrogen (secondary N) is 1. The molecule has 2 aliphatic rings. The van der Waals surface area contributed by atoms with Gasteiger partial charge in [0.05, 0.1) is 24.3 Å². The van der Waals surface area contributed by atoms with Gasteiger partial charge in [-0.05, 0) is 61.1 Å². The van der Waals surface area contributed by atoms with Gasteiger partial charge in [-0.3, -0.25) is 9.78 Å². The molecule has 2 N–H and O–H groups in total. The minimum atomic E-state index is -0.261. The summed E-state index contributed by atoms with van der Waals surface area (Å²) in [6.07, 6.45) is 3.67. The number of hydrogen-bond donors (Lipinski definition) is 2. The first-order valence-electron chi connectivity index (χ1n) is 8.77. The predicted molar refractivity (Wildman–Crippen MR) is 93.6 cm³/mol. The van der Waals surface area contributed by atoms with E-state index in [2.05, 4.69) is 16.4 Å². The number of aliphatic hydroxyl groups excluding tert-OH is 1. The maximum absolute atomic E-state index is 12.7. The molecule has 2 heterocycles. The standard InChI is InChI=1S/C20H22N2O3/c1-12-2-3-15(11-21-12)20(24)22-19(16-9-17(23)10-16)14-4-5-18-13(8-14)6-7-25-18/h2-5,8,11,16-17,19,23H,6-7,9-10H2,1H3,(H,22,24)/t16?,17?,19-/m0/s1. The van der Waals surface area contributed by atoms with Crippen LogP contribution in [0.3, 0.4) is 0 Å². The molecule has 1 aliphatic carbocycles. The summed E-state index contributed by atoms with van der Waals surface area (Å²) < 4.78 is 5.58. The summed E-state index contributed by atoms with van der Waals surface area (Å²) in [5.74, 6) is 1.05. The third-order valence-electron chi connectivity index (χ3n) is 5.15. The van der Waals surface area contributed by atoms with Crippen molar-refractivity contribution >= 4 is 5.91 Å². The number of hydrogen-bond acceptors (Lipinski definition) is 4. The first-order valence-corrected chi connectivity index (χ1v) is 8.77. The van der Waals surface area contributed by atoms with E-state index in [0.717, 1.165) is 23.4 Å². The van der Waals surface area contributed by atoms with E-state index in [1.165, 1.54) is 5.56 Å². The van der Waals surface area contributed by atoms with Crippen LogP contribution in [0.5, 0.6) is 5.75 Å². The Hall–Kier alpha value is -2.40. The first-order chi connectivity index (χ1) is 12.1. The number of amides is 1. The lowest BCUT2D eigenvalue weighted by Gasteiger charge is -2.38. The Labute approximate surface area is 147 Å². The quantitative estimate of drug-likeness (QED) is 0.899. The molecule has 25 heavy (non-hydrogen) atoms. The van der Waals surface area contributed by atoms with Crippen LogP contribution in [0.4, 0.5) is 0 Å². The lowest BCUT2D eigenvalue weighted by Crippen LogP contribution is -2.41. The average molecular weight is 338 g/mol. The Bertz CT molecular complexity index is 782. The smallest absolute Gasteiger partial charge is 0.253 e. The van der Waals surface area contributed by atoms with Gasteiger partial charge in [0.15, 0.2) is 0 Å². The fourth-order valence-corrected chi connectivity index (χ4v) is 3.60. The van der Waals surface area contributed by atoms with Crippen LogP contribution in [0, 0.1) is 12.8 Å². The predicted octanol–water partition coefficient (Wildman–Crippen LogP) is 2.57. The molecule has 1 aromatic carbocycles. The number of carbonyl (C=O) groups is 1. The summed E-state index contributed by atoms with van der Waals surface area (Å²) in [6.45, 7) is 2.61. The van der Waals surface area contributed by atoms with Crippen molar-refractivity contribution in [3.05, 3.63) is 58.9 Å². The number of benzene rings is 1. The van der Waals surface area contributed by atoms with Crippen molar-refractivity contribution in [3.63, 3.8) is 0 Å². The molecular weight excluding hydrogens is 316 g/mol. The van der Waals surface area contributed by atoms with Gasteiger partial charge in [-0.15, -0.1) is 0 Å². The fraction of sp³-hybridized carbons (Fsp3) is 0.400. The maximum atomic E-state index is 12.7.